The van der Waals surface area contributed by atoms with Gasteiger partial charge in [-0.1, -0.05) is 12.2 Å². The summed E-state index contributed by atoms with van der Waals surface area (Å²) < 4.78 is 4.48. The number of ether oxygens (including phenoxy) is 1. The maximum absolute atomic E-state index is 10.7. The predicted molar refractivity (Wildman–Crippen MR) is 33.1 cm³/mol. The van der Waals surface area contributed by atoms with Crippen LogP contribution in [0.5, 0.6) is 0 Å². The topological polar surface area (TPSA) is 29.5 Å². The summed E-state index contributed by atoms with van der Waals surface area (Å²) in [4.78, 5) is 12.3. The van der Waals surface area contributed by atoms with Crippen LogP contribution < -0.4 is 0 Å². The van der Waals surface area contributed by atoms with Crippen molar-refractivity contribution in [1.29, 1.82) is 0 Å². The Kier molecular flexibility index (Phi) is 1.72. The van der Waals surface area contributed by atoms with Gasteiger partial charge in [0.2, 0.25) is 0 Å². The van der Waals surface area contributed by atoms with Crippen molar-refractivity contribution in [2.45, 2.75) is 0 Å². The van der Waals surface area contributed by atoms with Gasteiger partial charge in [-0.15, -0.1) is 0 Å². The molecule has 0 fully saturated rings. The average Bonchev–Trinajstić information content (AvgIpc) is 2.37. The Morgan fingerprint density at radius 2 is 2.11 bits per heavy atom. The molecule has 1 heterocycles. The summed E-state index contributed by atoms with van der Waals surface area (Å²) in [6.07, 6.45) is 3.63. The Morgan fingerprint density at radius 1 is 1.56 bits per heavy atom. The number of methoxy groups -OCH3 is 1. The summed E-state index contributed by atoms with van der Waals surface area (Å²) in [5.41, 5.74) is 0. The molecule has 1 aliphatic heterocycles. The quantitative estimate of drug-likeness (QED) is 0.446. The minimum Gasteiger partial charge on any atom is -0.453 e. The van der Waals surface area contributed by atoms with Gasteiger partial charge in [0.15, 0.2) is 0 Å². The Labute approximate surface area is 53.9 Å². The van der Waals surface area contributed by atoms with E-state index in [4.69, 9.17) is 0 Å². The molecular weight excluding hydrogens is 118 g/mol. The van der Waals surface area contributed by atoms with Crippen LogP contribution in [0.25, 0.3) is 0 Å². The zero-order valence-electron chi connectivity index (χ0n) is 5.33. The fourth-order valence-electron chi connectivity index (χ4n) is 0.756. The largest absolute Gasteiger partial charge is 0.453 e. The van der Waals surface area contributed by atoms with Crippen molar-refractivity contribution in [3.63, 3.8) is 0 Å². The third-order valence-corrected chi connectivity index (χ3v) is 1.25. The Hall–Kier alpha value is -0.990. The molecule has 0 atom stereocenters. The van der Waals surface area contributed by atoms with Gasteiger partial charge in [0.05, 0.1) is 7.11 Å². The number of hydrogen-bond acceptors (Lipinski definition) is 2. The highest BCUT2D eigenvalue weighted by molar-refractivity contribution is 5.68. The molecule has 3 heteroatoms. The lowest BCUT2D eigenvalue weighted by molar-refractivity contribution is 0.135. The summed E-state index contributed by atoms with van der Waals surface area (Å²) in [6, 6.07) is 0. The minimum absolute atomic E-state index is 0.250. The molecule has 50 valence electrons. The van der Waals surface area contributed by atoms with Gasteiger partial charge in [-0.05, 0) is 0 Å². The Morgan fingerprint density at radius 3 is 2.56 bits per heavy atom. The third-order valence-electron chi connectivity index (χ3n) is 1.25. The SMILES string of the molecule is COC(=O)N1CC=CC1. The fraction of sp³-hybridized carbons (Fsp3) is 0.500. The number of rotatable bonds is 0. The van der Waals surface area contributed by atoms with E-state index in [2.05, 4.69) is 4.74 Å². The van der Waals surface area contributed by atoms with E-state index < -0.39 is 0 Å². The summed E-state index contributed by atoms with van der Waals surface area (Å²) >= 11 is 0. The van der Waals surface area contributed by atoms with Crippen LogP contribution in [0.2, 0.25) is 0 Å². The molecule has 9 heavy (non-hydrogen) atoms. The molecule has 1 amide bonds. The van der Waals surface area contributed by atoms with Gasteiger partial charge in [0, 0.05) is 13.1 Å². The molecule has 0 saturated heterocycles. The molecule has 0 radical (unpaired) electrons. The van der Waals surface area contributed by atoms with Crippen molar-refractivity contribution < 1.29 is 9.53 Å². The van der Waals surface area contributed by atoms with Crippen LogP contribution in [0, 0.1) is 0 Å². The van der Waals surface area contributed by atoms with E-state index in [0.29, 0.717) is 13.1 Å². The van der Waals surface area contributed by atoms with Crippen molar-refractivity contribution in [2.24, 2.45) is 0 Å². The molecule has 0 spiro atoms. The molecular formula is C6H9NO2. The van der Waals surface area contributed by atoms with Gasteiger partial charge in [-0.3, -0.25) is 0 Å². The van der Waals surface area contributed by atoms with Gasteiger partial charge in [0.25, 0.3) is 0 Å². The lowest BCUT2D eigenvalue weighted by Crippen LogP contribution is -2.27. The van der Waals surface area contributed by atoms with Crippen LogP contribution in [0.15, 0.2) is 12.2 Å². The molecule has 1 rings (SSSR count). The molecule has 0 unspecified atom stereocenters. The lowest BCUT2D eigenvalue weighted by atomic mass is 10.6. The van der Waals surface area contributed by atoms with Crippen LogP contribution in [-0.2, 0) is 4.74 Å². The summed E-state index contributed by atoms with van der Waals surface area (Å²) in [6.45, 7) is 1.37. The second-order valence-electron chi connectivity index (χ2n) is 1.85. The maximum atomic E-state index is 10.7. The Balaban J connectivity index is 2.36. The molecule has 0 aromatic rings. The third kappa shape index (κ3) is 1.22. The highest BCUT2D eigenvalue weighted by Crippen LogP contribution is 1.99. The second-order valence-corrected chi connectivity index (χ2v) is 1.85. The van der Waals surface area contributed by atoms with Gasteiger partial charge in [0.1, 0.15) is 0 Å². The monoisotopic (exact) mass is 127 g/mol. The smallest absolute Gasteiger partial charge is 0.410 e. The van der Waals surface area contributed by atoms with E-state index >= 15 is 0 Å². The highest BCUT2D eigenvalue weighted by Gasteiger charge is 2.12. The van der Waals surface area contributed by atoms with Crippen molar-refractivity contribution in [3.05, 3.63) is 12.2 Å². The van der Waals surface area contributed by atoms with Gasteiger partial charge < -0.3 is 9.64 Å². The summed E-state index contributed by atoms with van der Waals surface area (Å²) in [5, 5.41) is 0. The Bertz CT molecular complexity index is 134. The van der Waals surface area contributed by atoms with Gasteiger partial charge >= 0.3 is 6.09 Å². The van der Waals surface area contributed by atoms with E-state index in [9.17, 15) is 4.79 Å². The number of carbonyl (C=O) groups excluding carboxylic acids is 1. The molecule has 0 aromatic carbocycles. The first-order valence-corrected chi connectivity index (χ1v) is 2.82. The van der Waals surface area contributed by atoms with Crippen LogP contribution in [0.1, 0.15) is 0 Å². The van der Waals surface area contributed by atoms with E-state index in [-0.39, 0.29) is 6.09 Å². The zero-order valence-corrected chi connectivity index (χ0v) is 5.33. The van der Waals surface area contributed by atoms with Crippen LogP contribution in [0.3, 0.4) is 0 Å². The van der Waals surface area contributed by atoms with Crippen molar-refractivity contribution in [3.8, 4) is 0 Å². The number of carbonyl (C=O) groups is 1. The standard InChI is InChI=1S/C6H9NO2/c1-9-6(8)7-4-2-3-5-7/h2-3H,4-5H2,1H3. The predicted octanol–water partition coefficient (Wildman–Crippen LogP) is 0.625. The van der Waals surface area contributed by atoms with E-state index in [1.165, 1.54) is 7.11 Å². The first kappa shape index (κ1) is 6.13. The van der Waals surface area contributed by atoms with Crippen LogP contribution in [0.4, 0.5) is 4.79 Å². The molecule has 0 bridgehead atoms. The van der Waals surface area contributed by atoms with Gasteiger partial charge in [-0.2, -0.15) is 0 Å². The summed E-state index contributed by atoms with van der Waals surface area (Å²) in [5.74, 6) is 0. The molecule has 0 aromatic heterocycles. The molecule has 3 nitrogen and oxygen atoms in total. The normalized spacial score (nSPS) is 16.3. The summed E-state index contributed by atoms with van der Waals surface area (Å²) in [7, 11) is 1.39. The van der Waals surface area contributed by atoms with E-state index in [1.807, 2.05) is 12.2 Å². The highest BCUT2D eigenvalue weighted by atomic mass is 16.5. The van der Waals surface area contributed by atoms with Crippen molar-refractivity contribution in [1.82, 2.24) is 4.90 Å². The molecule has 0 saturated carbocycles. The van der Waals surface area contributed by atoms with Crippen molar-refractivity contribution >= 4 is 6.09 Å². The minimum atomic E-state index is -0.250. The van der Waals surface area contributed by atoms with Crippen molar-refractivity contribution in [2.75, 3.05) is 20.2 Å². The molecule has 1 aliphatic rings. The number of nitrogens with zero attached hydrogens (tertiary/aromatic N) is 1. The van der Waals surface area contributed by atoms with Crippen LogP contribution in [-0.4, -0.2) is 31.2 Å². The first-order valence-electron chi connectivity index (χ1n) is 2.82. The van der Waals surface area contributed by atoms with E-state index in [1.54, 1.807) is 4.90 Å². The average molecular weight is 127 g/mol. The van der Waals surface area contributed by atoms with Gasteiger partial charge in [-0.25, -0.2) is 4.79 Å². The van der Waals surface area contributed by atoms with E-state index in [0.717, 1.165) is 0 Å². The molecule has 0 aliphatic carbocycles. The first-order chi connectivity index (χ1) is 4.34. The van der Waals surface area contributed by atoms with Crippen LogP contribution >= 0.6 is 0 Å². The number of amides is 1. The number of hydrogen-bond donors (Lipinski definition) is 0. The second kappa shape index (κ2) is 2.53. The fourth-order valence-corrected chi connectivity index (χ4v) is 0.756. The maximum Gasteiger partial charge on any atom is 0.410 e. The lowest BCUT2D eigenvalue weighted by Gasteiger charge is -2.11. The zero-order chi connectivity index (χ0) is 6.69. The molecule has 0 N–H and O–H groups in total.